The van der Waals surface area contributed by atoms with Crippen LogP contribution in [-0.4, -0.2) is 37.5 Å². The van der Waals surface area contributed by atoms with E-state index in [0.717, 1.165) is 17.7 Å². The van der Waals surface area contributed by atoms with Gasteiger partial charge in [0, 0.05) is 24.2 Å². The van der Waals surface area contributed by atoms with Crippen molar-refractivity contribution >= 4 is 35.1 Å². The van der Waals surface area contributed by atoms with E-state index in [4.69, 9.17) is 4.74 Å². The summed E-state index contributed by atoms with van der Waals surface area (Å²) < 4.78 is 9.54. The van der Waals surface area contributed by atoms with E-state index in [1.54, 1.807) is 12.1 Å². The zero-order valence-corrected chi connectivity index (χ0v) is 17.6. The predicted octanol–water partition coefficient (Wildman–Crippen LogP) is 3.33. The topological polar surface area (TPSA) is 111 Å². The summed E-state index contributed by atoms with van der Waals surface area (Å²) in [4.78, 5) is 47.1. The summed E-state index contributed by atoms with van der Waals surface area (Å²) in [5.41, 5.74) is 2.63. The molecule has 0 heterocycles. The maximum atomic E-state index is 12.1. The van der Waals surface area contributed by atoms with Crippen molar-refractivity contribution in [1.29, 1.82) is 0 Å². The van der Waals surface area contributed by atoms with Crippen molar-refractivity contribution in [3.8, 4) is 0 Å². The minimum Gasteiger partial charge on any atom is -0.465 e. The number of para-hydroxylation sites is 1. The van der Waals surface area contributed by atoms with Crippen LogP contribution in [0.1, 0.15) is 42.1 Å². The lowest BCUT2D eigenvalue weighted by atomic mass is 10.1. The van der Waals surface area contributed by atoms with Gasteiger partial charge in [-0.15, -0.1) is 0 Å². The normalized spacial score (nSPS) is 10.1. The maximum Gasteiger partial charge on any atom is 0.337 e. The lowest BCUT2D eigenvalue weighted by Crippen LogP contribution is -2.21. The zero-order valence-electron chi connectivity index (χ0n) is 17.6. The van der Waals surface area contributed by atoms with Gasteiger partial charge in [-0.25, -0.2) is 4.79 Å². The van der Waals surface area contributed by atoms with E-state index >= 15 is 0 Å². The molecule has 2 N–H and O–H groups in total. The number of hydrogen-bond donors (Lipinski definition) is 2. The third-order valence-corrected chi connectivity index (χ3v) is 4.41. The fourth-order valence-corrected chi connectivity index (χ4v) is 2.78. The molecule has 2 amide bonds. The number of ether oxygens (including phenoxy) is 2. The first-order chi connectivity index (χ1) is 14.9. The molecule has 0 bridgehead atoms. The number of anilines is 2. The fourth-order valence-electron chi connectivity index (χ4n) is 2.78. The molecule has 0 saturated heterocycles. The van der Waals surface area contributed by atoms with Crippen LogP contribution in [0.2, 0.25) is 0 Å². The molecule has 0 spiro atoms. The number of carbonyl (C=O) groups is 4. The molecule has 2 rings (SSSR count). The van der Waals surface area contributed by atoms with E-state index < -0.39 is 24.5 Å². The van der Waals surface area contributed by atoms with Gasteiger partial charge in [0.25, 0.3) is 5.91 Å². The van der Waals surface area contributed by atoms with Crippen molar-refractivity contribution in [2.45, 2.75) is 32.6 Å². The molecule has 0 aromatic heterocycles. The molecule has 0 unspecified atom stereocenters. The molecule has 0 fully saturated rings. The molecule has 2 aromatic rings. The molecular formula is C23H26N2O6. The van der Waals surface area contributed by atoms with Crippen molar-refractivity contribution < 1.29 is 28.7 Å². The molecule has 0 aliphatic rings. The predicted molar refractivity (Wildman–Crippen MR) is 116 cm³/mol. The molecule has 0 aliphatic heterocycles. The lowest BCUT2D eigenvalue weighted by molar-refractivity contribution is -0.147. The summed E-state index contributed by atoms with van der Waals surface area (Å²) in [6.45, 7) is 1.57. The number of methoxy groups -OCH3 is 1. The van der Waals surface area contributed by atoms with Crippen LogP contribution in [0.25, 0.3) is 0 Å². The Hall–Kier alpha value is -3.68. The van der Waals surface area contributed by atoms with Gasteiger partial charge in [0.15, 0.2) is 6.61 Å². The van der Waals surface area contributed by atoms with Crippen molar-refractivity contribution in [1.82, 2.24) is 0 Å². The van der Waals surface area contributed by atoms with Crippen molar-refractivity contribution in [3.63, 3.8) is 0 Å². The Labute approximate surface area is 180 Å². The third-order valence-electron chi connectivity index (χ3n) is 4.41. The second-order valence-corrected chi connectivity index (χ2v) is 6.69. The van der Waals surface area contributed by atoms with E-state index in [1.807, 2.05) is 31.2 Å². The molecule has 8 nitrogen and oxygen atoms in total. The number of esters is 2. The van der Waals surface area contributed by atoms with Crippen LogP contribution in [0.3, 0.4) is 0 Å². The van der Waals surface area contributed by atoms with E-state index in [-0.39, 0.29) is 18.7 Å². The quantitative estimate of drug-likeness (QED) is 0.564. The second-order valence-electron chi connectivity index (χ2n) is 6.69. The Morgan fingerprint density at radius 1 is 0.871 bits per heavy atom. The van der Waals surface area contributed by atoms with Crippen molar-refractivity contribution in [2.75, 3.05) is 24.4 Å². The number of nitrogens with one attached hydrogen (secondary N) is 2. The summed E-state index contributed by atoms with van der Waals surface area (Å²) in [6.07, 6.45) is 1.33. The van der Waals surface area contributed by atoms with Gasteiger partial charge >= 0.3 is 11.9 Å². The first-order valence-electron chi connectivity index (χ1n) is 9.94. The fraction of sp³-hybridized carbons (Fsp3) is 0.304. The highest BCUT2D eigenvalue weighted by Crippen LogP contribution is 2.16. The number of aryl methyl sites for hydroxylation is 1. The summed E-state index contributed by atoms with van der Waals surface area (Å²) in [5, 5.41) is 5.40. The lowest BCUT2D eigenvalue weighted by Gasteiger charge is -2.09. The minimum absolute atomic E-state index is 0.0317. The van der Waals surface area contributed by atoms with Crippen LogP contribution in [-0.2, 0) is 30.3 Å². The second kappa shape index (κ2) is 12.1. The first-order valence-corrected chi connectivity index (χ1v) is 9.94. The van der Waals surface area contributed by atoms with Crippen molar-refractivity contribution in [3.05, 3.63) is 59.7 Å². The van der Waals surface area contributed by atoms with Gasteiger partial charge in [0.2, 0.25) is 5.91 Å². The van der Waals surface area contributed by atoms with E-state index in [1.165, 1.54) is 19.2 Å². The minimum atomic E-state index is -0.557. The van der Waals surface area contributed by atoms with Crippen LogP contribution in [0, 0.1) is 0 Å². The van der Waals surface area contributed by atoms with Gasteiger partial charge in [0.1, 0.15) is 0 Å². The number of carbonyl (C=O) groups excluding carboxylic acids is 4. The number of benzene rings is 2. The molecule has 0 radical (unpaired) electrons. The van der Waals surface area contributed by atoms with E-state index in [2.05, 4.69) is 15.4 Å². The van der Waals surface area contributed by atoms with Gasteiger partial charge < -0.3 is 20.1 Å². The highest BCUT2D eigenvalue weighted by atomic mass is 16.5. The Balaban J connectivity index is 1.66. The Bertz CT molecular complexity index is 924. The zero-order chi connectivity index (χ0) is 22.6. The van der Waals surface area contributed by atoms with E-state index in [0.29, 0.717) is 17.7 Å². The summed E-state index contributed by atoms with van der Waals surface area (Å²) in [6, 6.07) is 13.7. The van der Waals surface area contributed by atoms with Gasteiger partial charge in [-0.3, -0.25) is 14.4 Å². The summed E-state index contributed by atoms with van der Waals surface area (Å²) >= 11 is 0. The molecular weight excluding hydrogens is 400 g/mol. The maximum absolute atomic E-state index is 12.1. The van der Waals surface area contributed by atoms with Gasteiger partial charge in [-0.1, -0.05) is 25.1 Å². The van der Waals surface area contributed by atoms with E-state index in [9.17, 15) is 19.2 Å². The highest BCUT2D eigenvalue weighted by molar-refractivity contribution is 5.94. The number of amides is 2. The SMILES string of the molecule is CCc1ccccc1NC(=O)CCCC(=O)OCC(=O)Nc1ccc(C(=O)OC)cc1. The Morgan fingerprint density at radius 3 is 2.26 bits per heavy atom. The standard InChI is InChI=1S/C23H26N2O6/c1-3-16-7-4-5-8-19(16)25-20(26)9-6-10-22(28)31-15-21(27)24-18-13-11-17(12-14-18)23(29)30-2/h4-5,7-8,11-14H,3,6,9-10,15H2,1-2H3,(H,24,27)(H,25,26). The molecule has 164 valence electrons. The van der Waals surface area contributed by atoms with Crippen LogP contribution in [0.5, 0.6) is 0 Å². The van der Waals surface area contributed by atoms with Gasteiger partial charge in [-0.2, -0.15) is 0 Å². The van der Waals surface area contributed by atoms with Crippen LogP contribution >= 0.6 is 0 Å². The monoisotopic (exact) mass is 426 g/mol. The first kappa shape index (κ1) is 23.6. The van der Waals surface area contributed by atoms with Crippen LogP contribution in [0.15, 0.2) is 48.5 Å². The molecule has 31 heavy (non-hydrogen) atoms. The Kier molecular flexibility index (Phi) is 9.22. The highest BCUT2D eigenvalue weighted by Gasteiger charge is 2.11. The molecule has 0 aliphatic carbocycles. The number of hydrogen-bond acceptors (Lipinski definition) is 6. The van der Waals surface area contributed by atoms with Crippen LogP contribution < -0.4 is 10.6 Å². The average molecular weight is 426 g/mol. The van der Waals surface area contributed by atoms with Crippen LogP contribution in [0.4, 0.5) is 11.4 Å². The van der Waals surface area contributed by atoms with Crippen molar-refractivity contribution in [2.24, 2.45) is 0 Å². The largest absolute Gasteiger partial charge is 0.465 e. The molecule has 0 saturated carbocycles. The molecule has 2 aromatic carbocycles. The Morgan fingerprint density at radius 2 is 1.58 bits per heavy atom. The van der Waals surface area contributed by atoms with Gasteiger partial charge in [0.05, 0.1) is 12.7 Å². The van der Waals surface area contributed by atoms with Gasteiger partial charge in [-0.05, 0) is 48.7 Å². The number of rotatable bonds is 10. The summed E-state index contributed by atoms with van der Waals surface area (Å²) in [5.74, 6) is -1.72. The molecule has 8 heteroatoms. The smallest absolute Gasteiger partial charge is 0.337 e. The third kappa shape index (κ3) is 7.93. The summed E-state index contributed by atoms with van der Waals surface area (Å²) in [7, 11) is 1.28. The average Bonchev–Trinajstić information content (AvgIpc) is 2.78. The molecule has 0 atom stereocenters.